The molecule has 94 valence electrons. The van der Waals surface area contributed by atoms with E-state index >= 15 is 0 Å². The van der Waals surface area contributed by atoms with Crippen molar-refractivity contribution < 1.29 is 14.6 Å². The van der Waals surface area contributed by atoms with Gasteiger partial charge in [0.2, 0.25) is 5.91 Å². The lowest BCUT2D eigenvalue weighted by molar-refractivity contribution is -0.121. The SMILES string of the molecule is CC[C@H](CO)NC(=O)Cc1cccc(OC)c1. The molecule has 4 heteroatoms. The fraction of sp³-hybridized carbons (Fsp3) is 0.462. The molecule has 2 N–H and O–H groups in total. The van der Waals surface area contributed by atoms with Crippen molar-refractivity contribution in [3.05, 3.63) is 29.8 Å². The fourth-order valence-corrected chi connectivity index (χ4v) is 1.52. The Labute approximate surface area is 102 Å². The van der Waals surface area contributed by atoms with Gasteiger partial charge >= 0.3 is 0 Å². The lowest BCUT2D eigenvalue weighted by atomic mass is 10.1. The molecule has 0 heterocycles. The van der Waals surface area contributed by atoms with Gasteiger partial charge in [-0.05, 0) is 24.1 Å². The van der Waals surface area contributed by atoms with Gasteiger partial charge in [-0.1, -0.05) is 19.1 Å². The zero-order valence-corrected chi connectivity index (χ0v) is 10.3. The van der Waals surface area contributed by atoms with E-state index in [2.05, 4.69) is 5.32 Å². The highest BCUT2D eigenvalue weighted by Crippen LogP contribution is 2.12. The molecule has 4 nitrogen and oxygen atoms in total. The number of carbonyl (C=O) groups is 1. The van der Waals surface area contributed by atoms with E-state index < -0.39 is 0 Å². The predicted molar refractivity (Wildman–Crippen MR) is 66.0 cm³/mol. The summed E-state index contributed by atoms with van der Waals surface area (Å²) < 4.78 is 5.09. The highest BCUT2D eigenvalue weighted by molar-refractivity contribution is 5.78. The molecule has 1 aromatic carbocycles. The molecule has 0 bridgehead atoms. The average molecular weight is 237 g/mol. The second-order valence-corrected chi connectivity index (χ2v) is 3.88. The van der Waals surface area contributed by atoms with E-state index in [9.17, 15) is 4.79 Å². The van der Waals surface area contributed by atoms with Crippen molar-refractivity contribution in [2.24, 2.45) is 0 Å². The first-order chi connectivity index (χ1) is 8.19. The normalized spacial score (nSPS) is 11.9. The van der Waals surface area contributed by atoms with Crippen LogP contribution in [0, 0.1) is 0 Å². The molecule has 0 radical (unpaired) electrons. The molecule has 17 heavy (non-hydrogen) atoms. The van der Waals surface area contributed by atoms with Gasteiger partial charge in [-0.15, -0.1) is 0 Å². The summed E-state index contributed by atoms with van der Waals surface area (Å²) in [5.74, 6) is 0.656. The summed E-state index contributed by atoms with van der Waals surface area (Å²) in [6.45, 7) is 1.90. The molecule has 1 rings (SSSR count). The Morgan fingerprint density at radius 2 is 2.29 bits per heavy atom. The van der Waals surface area contributed by atoms with E-state index in [0.29, 0.717) is 6.42 Å². The maximum atomic E-state index is 11.7. The fourth-order valence-electron chi connectivity index (χ4n) is 1.52. The number of carbonyl (C=O) groups excluding carboxylic acids is 1. The number of hydrogen-bond acceptors (Lipinski definition) is 3. The molecule has 1 amide bonds. The van der Waals surface area contributed by atoms with Crippen molar-refractivity contribution in [3.8, 4) is 5.75 Å². The zero-order valence-electron chi connectivity index (χ0n) is 10.3. The third-order valence-electron chi connectivity index (χ3n) is 2.58. The van der Waals surface area contributed by atoms with E-state index in [1.54, 1.807) is 7.11 Å². The number of aliphatic hydroxyl groups is 1. The summed E-state index contributed by atoms with van der Waals surface area (Å²) in [5, 5.41) is 11.8. The van der Waals surface area contributed by atoms with E-state index in [-0.39, 0.29) is 18.6 Å². The average Bonchev–Trinajstić information content (AvgIpc) is 2.36. The minimum atomic E-state index is -0.159. The Bertz CT molecular complexity index is 361. The molecule has 0 unspecified atom stereocenters. The minimum Gasteiger partial charge on any atom is -0.497 e. The highest BCUT2D eigenvalue weighted by atomic mass is 16.5. The molecule has 1 aromatic rings. The van der Waals surface area contributed by atoms with Gasteiger partial charge in [0, 0.05) is 0 Å². The minimum absolute atomic E-state index is 0.0274. The molecule has 0 aliphatic carbocycles. The number of nitrogens with one attached hydrogen (secondary N) is 1. The summed E-state index contributed by atoms with van der Waals surface area (Å²) in [6.07, 6.45) is 1.02. The number of ether oxygens (including phenoxy) is 1. The topological polar surface area (TPSA) is 58.6 Å². The van der Waals surface area contributed by atoms with Gasteiger partial charge in [-0.25, -0.2) is 0 Å². The Morgan fingerprint density at radius 1 is 1.53 bits per heavy atom. The number of amides is 1. The van der Waals surface area contributed by atoms with Gasteiger partial charge in [-0.3, -0.25) is 4.79 Å². The Balaban J connectivity index is 2.55. The summed E-state index contributed by atoms with van der Waals surface area (Å²) in [7, 11) is 1.60. The van der Waals surface area contributed by atoms with Crippen LogP contribution < -0.4 is 10.1 Å². The van der Waals surface area contributed by atoms with Gasteiger partial charge in [0.25, 0.3) is 0 Å². The lowest BCUT2D eigenvalue weighted by Crippen LogP contribution is -2.37. The van der Waals surface area contributed by atoms with Gasteiger partial charge in [0.15, 0.2) is 0 Å². The molecule has 0 saturated heterocycles. The van der Waals surface area contributed by atoms with Crippen molar-refractivity contribution in [1.29, 1.82) is 0 Å². The van der Waals surface area contributed by atoms with E-state index in [4.69, 9.17) is 9.84 Å². The number of rotatable bonds is 6. The van der Waals surface area contributed by atoms with Gasteiger partial charge in [0.05, 0.1) is 26.2 Å². The Morgan fingerprint density at radius 3 is 2.88 bits per heavy atom. The Hall–Kier alpha value is -1.55. The number of hydrogen-bond donors (Lipinski definition) is 2. The van der Waals surface area contributed by atoms with Crippen molar-refractivity contribution >= 4 is 5.91 Å². The third-order valence-corrected chi connectivity index (χ3v) is 2.58. The Kier molecular flexibility index (Phi) is 5.49. The first kappa shape index (κ1) is 13.5. The summed E-state index contributed by atoms with van der Waals surface area (Å²) in [4.78, 5) is 11.7. The van der Waals surface area contributed by atoms with Crippen LogP contribution in [0.4, 0.5) is 0 Å². The smallest absolute Gasteiger partial charge is 0.224 e. The van der Waals surface area contributed by atoms with Crippen LogP contribution in [0.25, 0.3) is 0 Å². The van der Waals surface area contributed by atoms with Crippen LogP contribution in [0.5, 0.6) is 5.75 Å². The summed E-state index contributed by atoms with van der Waals surface area (Å²) in [5.41, 5.74) is 0.898. The standard InChI is InChI=1S/C13H19NO3/c1-3-11(9-15)14-13(16)8-10-5-4-6-12(7-10)17-2/h4-7,11,15H,3,8-9H2,1-2H3,(H,14,16)/t11-/m1/s1. The first-order valence-corrected chi connectivity index (χ1v) is 5.72. The second kappa shape index (κ2) is 6.91. The molecule has 0 fully saturated rings. The molecular weight excluding hydrogens is 218 g/mol. The van der Waals surface area contributed by atoms with Crippen molar-refractivity contribution in [1.82, 2.24) is 5.32 Å². The summed E-state index contributed by atoms with van der Waals surface area (Å²) in [6, 6.07) is 7.24. The molecule has 1 atom stereocenters. The van der Waals surface area contributed by atoms with Crippen LogP contribution >= 0.6 is 0 Å². The molecule has 0 aliphatic heterocycles. The van der Waals surface area contributed by atoms with Crippen molar-refractivity contribution in [2.75, 3.05) is 13.7 Å². The van der Waals surface area contributed by atoms with E-state index in [0.717, 1.165) is 17.7 Å². The molecule has 0 aromatic heterocycles. The maximum absolute atomic E-state index is 11.7. The van der Waals surface area contributed by atoms with E-state index in [1.165, 1.54) is 0 Å². The lowest BCUT2D eigenvalue weighted by Gasteiger charge is -2.14. The quantitative estimate of drug-likeness (QED) is 0.779. The van der Waals surface area contributed by atoms with Gasteiger partial charge < -0.3 is 15.2 Å². The maximum Gasteiger partial charge on any atom is 0.224 e. The molecule has 0 saturated carbocycles. The number of benzene rings is 1. The zero-order chi connectivity index (χ0) is 12.7. The van der Waals surface area contributed by atoms with Crippen LogP contribution in [0.2, 0.25) is 0 Å². The van der Waals surface area contributed by atoms with Crippen molar-refractivity contribution in [2.45, 2.75) is 25.8 Å². The van der Waals surface area contributed by atoms with Crippen LogP contribution in [-0.4, -0.2) is 30.8 Å². The van der Waals surface area contributed by atoms with Gasteiger partial charge in [0.1, 0.15) is 5.75 Å². The van der Waals surface area contributed by atoms with Gasteiger partial charge in [-0.2, -0.15) is 0 Å². The van der Waals surface area contributed by atoms with Crippen LogP contribution in [0.1, 0.15) is 18.9 Å². The predicted octanol–water partition coefficient (Wildman–Crippen LogP) is 1.12. The number of aliphatic hydroxyl groups excluding tert-OH is 1. The van der Waals surface area contributed by atoms with Crippen LogP contribution in [0.15, 0.2) is 24.3 Å². The first-order valence-electron chi connectivity index (χ1n) is 5.72. The molecule has 0 aliphatic rings. The second-order valence-electron chi connectivity index (χ2n) is 3.88. The molecular formula is C13H19NO3. The summed E-state index contributed by atoms with van der Waals surface area (Å²) >= 11 is 0. The van der Waals surface area contributed by atoms with Crippen molar-refractivity contribution in [3.63, 3.8) is 0 Å². The largest absolute Gasteiger partial charge is 0.497 e. The number of methoxy groups -OCH3 is 1. The van der Waals surface area contributed by atoms with E-state index in [1.807, 2.05) is 31.2 Å². The third kappa shape index (κ3) is 4.44. The van der Waals surface area contributed by atoms with Crippen LogP contribution in [-0.2, 0) is 11.2 Å². The molecule has 0 spiro atoms. The van der Waals surface area contributed by atoms with Crippen LogP contribution in [0.3, 0.4) is 0 Å². The monoisotopic (exact) mass is 237 g/mol. The highest BCUT2D eigenvalue weighted by Gasteiger charge is 2.09.